The van der Waals surface area contributed by atoms with Gasteiger partial charge < -0.3 is 9.72 Å². The number of imidazole rings is 1. The molecule has 0 aliphatic carbocycles. The van der Waals surface area contributed by atoms with Crippen LogP contribution in [0.2, 0.25) is 0 Å². The predicted octanol–water partition coefficient (Wildman–Crippen LogP) is 3.09. The smallest absolute Gasteiger partial charge is 0.326 e. The number of carbonyl (C=O) groups is 1. The molecule has 1 saturated heterocycles. The Kier molecular flexibility index (Phi) is 5.23. The lowest BCUT2D eigenvalue weighted by Crippen LogP contribution is -2.48. The molecular weight excluding hydrogens is 330 g/mol. The maximum absolute atomic E-state index is 12.5. The van der Waals surface area contributed by atoms with E-state index in [4.69, 9.17) is 4.74 Å². The summed E-state index contributed by atoms with van der Waals surface area (Å²) in [5, 5.41) is 0. The summed E-state index contributed by atoms with van der Waals surface area (Å²) >= 11 is 0. The van der Waals surface area contributed by atoms with Gasteiger partial charge in [0.05, 0.1) is 11.0 Å². The highest BCUT2D eigenvalue weighted by molar-refractivity contribution is 5.76. The molecular formula is C20H29N3O3. The first-order chi connectivity index (χ1) is 12.3. The third-order valence-electron chi connectivity index (χ3n) is 4.99. The molecule has 2 aromatic rings. The van der Waals surface area contributed by atoms with Crippen molar-refractivity contribution in [2.24, 2.45) is 0 Å². The minimum atomic E-state index is -0.472. The molecule has 1 unspecified atom stereocenters. The van der Waals surface area contributed by atoms with Gasteiger partial charge in [-0.05, 0) is 52.2 Å². The van der Waals surface area contributed by atoms with Gasteiger partial charge in [-0.2, -0.15) is 0 Å². The zero-order valence-corrected chi connectivity index (χ0v) is 16.1. The molecule has 1 aromatic heterocycles. The SMILES string of the molecule is CCC(C(=O)OC(C)(C)C)N1CCC(n2c(=O)[nH]c3ccccc32)CC1. The van der Waals surface area contributed by atoms with Gasteiger partial charge in [-0.3, -0.25) is 14.3 Å². The van der Waals surface area contributed by atoms with Crippen molar-refractivity contribution < 1.29 is 9.53 Å². The Bertz CT molecular complexity index is 823. The highest BCUT2D eigenvalue weighted by Crippen LogP contribution is 2.27. The van der Waals surface area contributed by atoms with Gasteiger partial charge in [0.2, 0.25) is 0 Å². The van der Waals surface area contributed by atoms with Crippen LogP contribution in [0.3, 0.4) is 0 Å². The van der Waals surface area contributed by atoms with Crippen LogP contribution in [0.25, 0.3) is 11.0 Å². The highest BCUT2D eigenvalue weighted by Gasteiger charge is 2.32. The summed E-state index contributed by atoms with van der Waals surface area (Å²) in [6.07, 6.45) is 2.43. The molecule has 1 aromatic carbocycles. The van der Waals surface area contributed by atoms with Crippen molar-refractivity contribution in [2.45, 2.75) is 64.6 Å². The third-order valence-corrected chi connectivity index (χ3v) is 4.99. The number of esters is 1. The minimum Gasteiger partial charge on any atom is -0.459 e. The molecule has 0 amide bonds. The zero-order chi connectivity index (χ0) is 18.9. The summed E-state index contributed by atoms with van der Waals surface area (Å²) in [5.74, 6) is -0.150. The van der Waals surface area contributed by atoms with E-state index in [0.717, 1.165) is 43.4 Å². The van der Waals surface area contributed by atoms with E-state index in [1.54, 1.807) is 0 Å². The average molecular weight is 359 g/mol. The van der Waals surface area contributed by atoms with Crippen LogP contribution >= 0.6 is 0 Å². The van der Waals surface area contributed by atoms with E-state index in [9.17, 15) is 9.59 Å². The number of hydrogen-bond acceptors (Lipinski definition) is 4. The molecule has 1 fully saturated rings. The van der Waals surface area contributed by atoms with Crippen molar-refractivity contribution in [1.82, 2.24) is 14.5 Å². The van der Waals surface area contributed by atoms with Crippen LogP contribution in [0.1, 0.15) is 53.0 Å². The second-order valence-corrected chi connectivity index (χ2v) is 8.04. The number of para-hydroxylation sites is 2. The van der Waals surface area contributed by atoms with E-state index in [1.807, 2.05) is 56.5 Å². The van der Waals surface area contributed by atoms with Crippen molar-refractivity contribution in [2.75, 3.05) is 13.1 Å². The lowest BCUT2D eigenvalue weighted by atomic mass is 10.0. The third kappa shape index (κ3) is 3.85. The van der Waals surface area contributed by atoms with E-state index in [2.05, 4.69) is 9.88 Å². The van der Waals surface area contributed by atoms with Crippen molar-refractivity contribution in [3.8, 4) is 0 Å². The molecule has 3 rings (SSSR count). The topological polar surface area (TPSA) is 67.3 Å². The Hall–Kier alpha value is -2.08. The summed E-state index contributed by atoms with van der Waals surface area (Å²) in [7, 11) is 0. The molecule has 1 aliphatic rings. The Morgan fingerprint density at radius 2 is 1.92 bits per heavy atom. The van der Waals surface area contributed by atoms with Crippen molar-refractivity contribution in [3.05, 3.63) is 34.7 Å². The molecule has 1 atom stereocenters. The van der Waals surface area contributed by atoms with E-state index >= 15 is 0 Å². The lowest BCUT2D eigenvalue weighted by molar-refractivity contribution is -0.162. The fourth-order valence-electron chi connectivity index (χ4n) is 3.84. The standard InChI is InChI=1S/C20H29N3O3/c1-5-16(18(24)26-20(2,3)4)22-12-10-14(11-13-22)23-17-9-7-6-8-15(17)21-19(23)25/h6-9,14,16H,5,10-13H2,1-4H3,(H,21,25). The predicted molar refractivity (Wildman–Crippen MR) is 102 cm³/mol. The number of aromatic amines is 1. The van der Waals surface area contributed by atoms with Gasteiger partial charge in [-0.15, -0.1) is 0 Å². The molecule has 142 valence electrons. The number of fused-ring (bicyclic) bond motifs is 1. The van der Waals surface area contributed by atoms with Gasteiger partial charge in [-0.25, -0.2) is 4.79 Å². The van der Waals surface area contributed by atoms with Crippen LogP contribution in [-0.2, 0) is 9.53 Å². The largest absolute Gasteiger partial charge is 0.459 e. The van der Waals surface area contributed by atoms with E-state index in [0.29, 0.717) is 0 Å². The molecule has 6 nitrogen and oxygen atoms in total. The fourth-order valence-corrected chi connectivity index (χ4v) is 3.84. The first kappa shape index (κ1) is 18.7. The second kappa shape index (κ2) is 7.27. The average Bonchev–Trinajstić information content (AvgIpc) is 2.90. The second-order valence-electron chi connectivity index (χ2n) is 8.04. The summed E-state index contributed by atoms with van der Waals surface area (Å²) in [4.78, 5) is 30.0. The molecule has 1 aliphatic heterocycles. The number of hydrogen-bond donors (Lipinski definition) is 1. The molecule has 6 heteroatoms. The van der Waals surface area contributed by atoms with Gasteiger partial charge >= 0.3 is 11.7 Å². The maximum Gasteiger partial charge on any atom is 0.326 e. The van der Waals surface area contributed by atoms with Crippen LogP contribution < -0.4 is 5.69 Å². The van der Waals surface area contributed by atoms with Crippen LogP contribution in [0.4, 0.5) is 0 Å². The number of likely N-dealkylation sites (tertiary alicyclic amines) is 1. The van der Waals surface area contributed by atoms with Crippen LogP contribution in [0.5, 0.6) is 0 Å². The van der Waals surface area contributed by atoms with Crippen molar-refractivity contribution in [3.63, 3.8) is 0 Å². The van der Waals surface area contributed by atoms with Gasteiger partial charge in [0.25, 0.3) is 0 Å². The molecule has 26 heavy (non-hydrogen) atoms. The lowest BCUT2D eigenvalue weighted by Gasteiger charge is -2.37. The van der Waals surface area contributed by atoms with Gasteiger partial charge in [0.15, 0.2) is 0 Å². The minimum absolute atomic E-state index is 0.0520. The maximum atomic E-state index is 12.5. The number of aromatic nitrogens is 2. The van der Waals surface area contributed by atoms with Crippen LogP contribution in [0.15, 0.2) is 29.1 Å². The Labute approximate surface area is 154 Å². The monoisotopic (exact) mass is 359 g/mol. The van der Waals surface area contributed by atoms with Gasteiger partial charge in [-0.1, -0.05) is 19.1 Å². The summed E-state index contributed by atoms with van der Waals surface area (Å²) < 4.78 is 7.46. The highest BCUT2D eigenvalue weighted by atomic mass is 16.6. The first-order valence-corrected chi connectivity index (χ1v) is 9.46. The number of rotatable bonds is 4. The Balaban J connectivity index is 1.71. The summed E-state index contributed by atoms with van der Waals surface area (Å²) in [5.41, 5.74) is 1.30. The Morgan fingerprint density at radius 1 is 1.27 bits per heavy atom. The fraction of sp³-hybridized carbons (Fsp3) is 0.600. The van der Waals surface area contributed by atoms with Gasteiger partial charge in [0.1, 0.15) is 11.6 Å². The number of carbonyl (C=O) groups excluding carboxylic acids is 1. The number of benzene rings is 1. The molecule has 0 bridgehead atoms. The summed E-state index contributed by atoms with van der Waals surface area (Å²) in [6, 6.07) is 7.74. The number of H-pyrrole nitrogens is 1. The van der Waals surface area contributed by atoms with Crippen molar-refractivity contribution >= 4 is 17.0 Å². The van der Waals surface area contributed by atoms with E-state index < -0.39 is 5.60 Å². The quantitative estimate of drug-likeness (QED) is 0.852. The number of nitrogens with one attached hydrogen (secondary N) is 1. The first-order valence-electron chi connectivity index (χ1n) is 9.46. The molecule has 0 saturated carbocycles. The van der Waals surface area contributed by atoms with E-state index in [-0.39, 0.29) is 23.7 Å². The summed E-state index contributed by atoms with van der Waals surface area (Å²) in [6.45, 7) is 9.28. The number of nitrogens with zero attached hydrogens (tertiary/aromatic N) is 2. The van der Waals surface area contributed by atoms with Gasteiger partial charge in [0, 0.05) is 19.1 Å². The number of ether oxygens (including phenoxy) is 1. The Morgan fingerprint density at radius 3 is 2.54 bits per heavy atom. The molecule has 0 spiro atoms. The van der Waals surface area contributed by atoms with Crippen LogP contribution in [0, 0.1) is 0 Å². The molecule has 1 N–H and O–H groups in total. The number of piperidine rings is 1. The molecule has 2 heterocycles. The van der Waals surface area contributed by atoms with Crippen LogP contribution in [-0.4, -0.2) is 45.2 Å². The van der Waals surface area contributed by atoms with Crippen molar-refractivity contribution in [1.29, 1.82) is 0 Å². The normalized spacial score (nSPS) is 18.2. The van der Waals surface area contributed by atoms with E-state index in [1.165, 1.54) is 0 Å². The zero-order valence-electron chi connectivity index (χ0n) is 16.1. The molecule has 0 radical (unpaired) electrons.